The van der Waals surface area contributed by atoms with Crippen LogP contribution in [0.3, 0.4) is 0 Å². The highest BCUT2D eigenvalue weighted by Crippen LogP contribution is 2.43. The third kappa shape index (κ3) is 7.70. The van der Waals surface area contributed by atoms with Gasteiger partial charge in [-0.15, -0.1) is 11.3 Å². The summed E-state index contributed by atoms with van der Waals surface area (Å²) in [4.78, 5) is 30.5. The van der Waals surface area contributed by atoms with Crippen molar-refractivity contribution in [3.8, 4) is 0 Å². The van der Waals surface area contributed by atoms with Gasteiger partial charge < -0.3 is 20.1 Å². The molecule has 1 saturated heterocycles. The van der Waals surface area contributed by atoms with Gasteiger partial charge >= 0.3 is 12.3 Å². The zero-order chi connectivity index (χ0) is 29.1. The van der Waals surface area contributed by atoms with Crippen LogP contribution in [0.1, 0.15) is 69.7 Å². The normalized spacial score (nSPS) is 22.2. The summed E-state index contributed by atoms with van der Waals surface area (Å²) in [5.74, 6) is -1.46. The Hall–Kier alpha value is -2.77. The van der Waals surface area contributed by atoms with Gasteiger partial charge in [-0.2, -0.15) is 13.2 Å². The lowest BCUT2D eigenvalue weighted by molar-refractivity contribution is -0.137. The number of hydrogen-bond donors (Lipinski definition) is 3. The fraction of sp³-hybridized carbons (Fsp3) is 0.593. The molecule has 1 aromatic carbocycles. The minimum atomic E-state index is -4.71. The van der Waals surface area contributed by atoms with Gasteiger partial charge in [0.1, 0.15) is 11.4 Å². The lowest BCUT2D eigenvalue weighted by atomic mass is 9.81. The Morgan fingerprint density at radius 1 is 1.12 bits per heavy atom. The summed E-state index contributed by atoms with van der Waals surface area (Å²) >= 11 is 1.15. The number of carbonyl (C=O) groups is 2. The molecule has 0 bridgehead atoms. The van der Waals surface area contributed by atoms with E-state index in [1.165, 1.54) is 0 Å². The average Bonchev–Trinajstić information content (AvgIpc) is 3.49. The van der Waals surface area contributed by atoms with Crippen molar-refractivity contribution in [2.24, 2.45) is 0 Å². The number of ether oxygens (including phenoxy) is 2. The fourth-order valence-corrected chi connectivity index (χ4v) is 5.94. The first kappa shape index (κ1) is 30.2. The molecule has 2 heterocycles. The number of nitrogens with zero attached hydrogens (tertiary/aromatic N) is 1. The second-order valence-electron chi connectivity index (χ2n) is 11.3. The molecule has 1 saturated carbocycles. The minimum absolute atomic E-state index is 0.00346. The van der Waals surface area contributed by atoms with Crippen LogP contribution in [0.4, 0.5) is 27.5 Å². The van der Waals surface area contributed by atoms with Crippen molar-refractivity contribution in [3.05, 3.63) is 46.2 Å². The molecule has 2 fully saturated rings. The van der Waals surface area contributed by atoms with Gasteiger partial charge in [-0.3, -0.25) is 10.1 Å². The topological polar surface area (TPSA) is 102 Å². The first-order valence-corrected chi connectivity index (χ1v) is 14.1. The molecule has 1 aliphatic heterocycles. The van der Waals surface area contributed by atoms with Crippen LogP contribution in [0.2, 0.25) is 0 Å². The number of alkyl halides is 3. The van der Waals surface area contributed by atoms with E-state index in [1.54, 1.807) is 26.2 Å². The molecule has 4 rings (SSSR count). The van der Waals surface area contributed by atoms with Crippen LogP contribution in [-0.4, -0.2) is 47.9 Å². The Labute approximate surface area is 234 Å². The first-order chi connectivity index (χ1) is 18.7. The molecular formula is C27H34F4N4O4S. The van der Waals surface area contributed by atoms with Crippen molar-refractivity contribution < 1.29 is 36.6 Å². The predicted octanol–water partition coefficient (Wildman–Crippen LogP) is 5.52. The van der Waals surface area contributed by atoms with E-state index >= 15 is 0 Å². The van der Waals surface area contributed by atoms with E-state index < -0.39 is 40.6 Å². The zero-order valence-corrected chi connectivity index (χ0v) is 23.4. The van der Waals surface area contributed by atoms with Crippen LogP contribution in [0.15, 0.2) is 23.6 Å². The standard InChI is InChI=1S/C27H34F4N4O4S/c1-25(2,3)39-24(37)35-23-34-21(15-40-23)26(7-4-20(13-26)33-19-5-8-38-9-6-19)22(36)32-14-16-10-17(27(29,30)31)12-18(28)11-16/h10-12,15,19-20,33H,4-9,13-14H2,1-3H3,(H,32,36)(H,34,35,37). The van der Waals surface area contributed by atoms with Crippen molar-refractivity contribution in [1.82, 2.24) is 15.6 Å². The van der Waals surface area contributed by atoms with Gasteiger partial charge in [0.2, 0.25) is 5.91 Å². The monoisotopic (exact) mass is 586 g/mol. The highest BCUT2D eigenvalue weighted by Gasteiger charge is 2.48. The van der Waals surface area contributed by atoms with Gasteiger partial charge in [-0.1, -0.05) is 0 Å². The van der Waals surface area contributed by atoms with Crippen LogP contribution in [0, 0.1) is 5.82 Å². The number of rotatable bonds is 7. The molecule has 2 amide bonds. The molecule has 1 aromatic heterocycles. The highest BCUT2D eigenvalue weighted by atomic mass is 32.1. The Morgan fingerprint density at radius 2 is 1.85 bits per heavy atom. The van der Waals surface area contributed by atoms with E-state index in [4.69, 9.17) is 9.47 Å². The summed E-state index contributed by atoms with van der Waals surface area (Å²) in [5, 5.41) is 10.9. The molecule has 220 valence electrons. The molecule has 2 atom stereocenters. The molecule has 40 heavy (non-hydrogen) atoms. The molecule has 2 unspecified atom stereocenters. The Kier molecular flexibility index (Phi) is 9.05. The Balaban J connectivity index is 1.53. The number of nitrogens with one attached hydrogen (secondary N) is 3. The molecule has 2 aromatic rings. The number of halogens is 4. The van der Waals surface area contributed by atoms with Gasteiger partial charge in [0.25, 0.3) is 0 Å². The quantitative estimate of drug-likeness (QED) is 0.369. The van der Waals surface area contributed by atoms with E-state index in [9.17, 15) is 27.2 Å². The first-order valence-electron chi connectivity index (χ1n) is 13.2. The maximum atomic E-state index is 13.9. The van der Waals surface area contributed by atoms with Gasteiger partial charge in [0.05, 0.1) is 16.7 Å². The number of carbonyl (C=O) groups excluding carboxylic acids is 2. The molecule has 3 N–H and O–H groups in total. The molecular weight excluding hydrogens is 552 g/mol. The SMILES string of the molecule is CC(C)(C)OC(=O)Nc1nc(C2(C(=O)NCc3cc(F)cc(C(F)(F)F)c3)CCC(NC3CCOCC3)C2)cs1. The zero-order valence-electron chi connectivity index (χ0n) is 22.6. The average molecular weight is 587 g/mol. The summed E-state index contributed by atoms with van der Waals surface area (Å²) in [5.41, 5.74) is -2.47. The van der Waals surface area contributed by atoms with Crippen LogP contribution in [0.25, 0.3) is 0 Å². The summed E-state index contributed by atoms with van der Waals surface area (Å²) in [6, 6.07) is 2.48. The number of amides is 2. The molecule has 13 heteroatoms. The van der Waals surface area contributed by atoms with Crippen molar-refractivity contribution in [1.29, 1.82) is 0 Å². The van der Waals surface area contributed by atoms with Gasteiger partial charge in [-0.05, 0) is 76.6 Å². The third-order valence-electron chi connectivity index (χ3n) is 6.98. The van der Waals surface area contributed by atoms with Crippen LogP contribution < -0.4 is 16.0 Å². The Bertz CT molecular complexity index is 1210. The lowest BCUT2D eigenvalue weighted by Gasteiger charge is -2.29. The smallest absolute Gasteiger partial charge is 0.416 e. The second-order valence-corrected chi connectivity index (χ2v) is 12.1. The summed E-state index contributed by atoms with van der Waals surface area (Å²) in [7, 11) is 0. The molecule has 2 aliphatic rings. The van der Waals surface area contributed by atoms with Gasteiger partial charge in [-0.25, -0.2) is 14.2 Å². The largest absolute Gasteiger partial charge is 0.444 e. The second kappa shape index (κ2) is 12.0. The fourth-order valence-electron chi connectivity index (χ4n) is 5.15. The molecule has 0 radical (unpaired) electrons. The summed E-state index contributed by atoms with van der Waals surface area (Å²) < 4.78 is 64.2. The van der Waals surface area contributed by atoms with E-state index in [1.807, 2.05) is 0 Å². The molecule has 0 spiro atoms. The van der Waals surface area contributed by atoms with Crippen molar-refractivity contribution in [2.75, 3.05) is 18.5 Å². The number of thiazole rings is 1. The van der Waals surface area contributed by atoms with Crippen LogP contribution in [-0.2, 0) is 32.4 Å². The summed E-state index contributed by atoms with van der Waals surface area (Å²) in [6.07, 6.45) is -2.16. The van der Waals surface area contributed by atoms with E-state index in [0.717, 1.165) is 36.3 Å². The Morgan fingerprint density at radius 3 is 2.52 bits per heavy atom. The summed E-state index contributed by atoms with van der Waals surface area (Å²) in [6.45, 7) is 6.25. The molecule has 8 nitrogen and oxygen atoms in total. The minimum Gasteiger partial charge on any atom is -0.444 e. The van der Waals surface area contributed by atoms with E-state index in [0.29, 0.717) is 44.2 Å². The van der Waals surface area contributed by atoms with Crippen molar-refractivity contribution in [2.45, 2.75) is 88.7 Å². The van der Waals surface area contributed by atoms with Crippen molar-refractivity contribution in [3.63, 3.8) is 0 Å². The van der Waals surface area contributed by atoms with E-state index in [-0.39, 0.29) is 29.3 Å². The van der Waals surface area contributed by atoms with Gasteiger partial charge in [0, 0.05) is 37.2 Å². The predicted molar refractivity (Wildman–Crippen MR) is 142 cm³/mol. The number of aromatic nitrogens is 1. The maximum absolute atomic E-state index is 13.9. The maximum Gasteiger partial charge on any atom is 0.416 e. The third-order valence-corrected chi connectivity index (χ3v) is 7.74. The number of hydrogen-bond acceptors (Lipinski definition) is 7. The van der Waals surface area contributed by atoms with Crippen LogP contribution >= 0.6 is 11.3 Å². The molecule has 1 aliphatic carbocycles. The van der Waals surface area contributed by atoms with Crippen LogP contribution in [0.5, 0.6) is 0 Å². The number of anilines is 1. The van der Waals surface area contributed by atoms with Gasteiger partial charge in [0.15, 0.2) is 5.13 Å². The lowest BCUT2D eigenvalue weighted by Crippen LogP contribution is -2.46. The van der Waals surface area contributed by atoms with Crippen molar-refractivity contribution >= 4 is 28.5 Å². The number of benzene rings is 1. The highest BCUT2D eigenvalue weighted by molar-refractivity contribution is 7.14. The van der Waals surface area contributed by atoms with E-state index in [2.05, 4.69) is 20.9 Å².